The summed E-state index contributed by atoms with van der Waals surface area (Å²) in [7, 11) is 0. The van der Waals surface area contributed by atoms with Crippen LogP contribution in [-0.2, 0) is 9.53 Å². The zero-order valence-corrected chi connectivity index (χ0v) is 15.2. The number of hydrogen-bond donors (Lipinski definition) is 1. The molecule has 1 amide bonds. The number of amides is 1. The van der Waals surface area contributed by atoms with Gasteiger partial charge in [0.15, 0.2) is 6.61 Å². The summed E-state index contributed by atoms with van der Waals surface area (Å²) in [6.07, 6.45) is 0. The number of esters is 1. The first-order valence-corrected chi connectivity index (χ1v) is 9.17. The normalized spacial score (nSPS) is 11.6. The van der Waals surface area contributed by atoms with Gasteiger partial charge in [-0.1, -0.05) is 54.6 Å². The Morgan fingerprint density at radius 1 is 1.00 bits per heavy atom. The smallest absolute Gasteiger partial charge is 0.339 e. The fourth-order valence-electron chi connectivity index (χ4n) is 2.63. The van der Waals surface area contributed by atoms with Gasteiger partial charge in [-0.3, -0.25) is 4.79 Å². The molecular weight excluding hydrogens is 346 g/mol. The fourth-order valence-corrected chi connectivity index (χ4v) is 3.37. The van der Waals surface area contributed by atoms with Gasteiger partial charge in [0.25, 0.3) is 5.91 Å². The van der Waals surface area contributed by atoms with Crippen molar-refractivity contribution in [1.82, 2.24) is 5.32 Å². The molecule has 2 aromatic carbocycles. The maximum Gasteiger partial charge on any atom is 0.339 e. The van der Waals surface area contributed by atoms with E-state index in [1.165, 1.54) is 0 Å². The van der Waals surface area contributed by atoms with Crippen molar-refractivity contribution in [3.8, 4) is 11.1 Å². The fraction of sp³-hybridized carbons (Fsp3) is 0.143. The predicted molar refractivity (Wildman–Crippen MR) is 103 cm³/mol. The number of carbonyl (C=O) groups excluding carboxylic acids is 2. The van der Waals surface area contributed by atoms with Crippen molar-refractivity contribution >= 4 is 23.2 Å². The first kappa shape index (κ1) is 17.9. The highest BCUT2D eigenvalue weighted by molar-refractivity contribution is 7.10. The molecule has 3 aromatic rings. The third kappa shape index (κ3) is 4.37. The van der Waals surface area contributed by atoms with Crippen LogP contribution in [0.2, 0.25) is 0 Å². The largest absolute Gasteiger partial charge is 0.452 e. The Morgan fingerprint density at radius 2 is 1.73 bits per heavy atom. The lowest BCUT2D eigenvalue weighted by Crippen LogP contribution is -2.30. The molecule has 0 radical (unpaired) electrons. The van der Waals surface area contributed by atoms with Crippen LogP contribution in [0.5, 0.6) is 0 Å². The van der Waals surface area contributed by atoms with Gasteiger partial charge in [-0.15, -0.1) is 11.3 Å². The second-order valence-corrected chi connectivity index (χ2v) is 6.77. The summed E-state index contributed by atoms with van der Waals surface area (Å²) >= 11 is 1.57. The monoisotopic (exact) mass is 365 g/mol. The molecule has 1 N–H and O–H groups in total. The van der Waals surface area contributed by atoms with Crippen LogP contribution in [0.1, 0.15) is 28.2 Å². The molecule has 1 aromatic heterocycles. The van der Waals surface area contributed by atoms with Gasteiger partial charge >= 0.3 is 5.97 Å². The summed E-state index contributed by atoms with van der Waals surface area (Å²) in [5.74, 6) is -0.833. The van der Waals surface area contributed by atoms with Gasteiger partial charge in [-0.25, -0.2) is 4.79 Å². The van der Waals surface area contributed by atoms with Crippen molar-refractivity contribution in [2.45, 2.75) is 13.0 Å². The van der Waals surface area contributed by atoms with Gasteiger partial charge in [0.2, 0.25) is 0 Å². The highest BCUT2D eigenvalue weighted by atomic mass is 32.1. The molecule has 1 heterocycles. The maximum absolute atomic E-state index is 12.5. The summed E-state index contributed by atoms with van der Waals surface area (Å²) in [6.45, 7) is 1.59. The first-order valence-electron chi connectivity index (χ1n) is 8.29. The van der Waals surface area contributed by atoms with E-state index in [0.717, 1.165) is 16.0 Å². The van der Waals surface area contributed by atoms with Crippen molar-refractivity contribution in [3.05, 3.63) is 82.6 Å². The van der Waals surface area contributed by atoms with Gasteiger partial charge < -0.3 is 10.1 Å². The molecule has 0 fully saturated rings. The number of thiophene rings is 1. The van der Waals surface area contributed by atoms with Gasteiger partial charge in [-0.05, 0) is 35.6 Å². The van der Waals surface area contributed by atoms with Crippen LogP contribution in [0.4, 0.5) is 0 Å². The number of benzene rings is 2. The lowest BCUT2D eigenvalue weighted by molar-refractivity contribution is -0.124. The van der Waals surface area contributed by atoms with Crippen LogP contribution >= 0.6 is 11.3 Å². The summed E-state index contributed by atoms with van der Waals surface area (Å²) < 4.78 is 5.22. The quantitative estimate of drug-likeness (QED) is 0.657. The molecule has 4 nitrogen and oxygen atoms in total. The van der Waals surface area contributed by atoms with E-state index in [9.17, 15) is 9.59 Å². The van der Waals surface area contributed by atoms with Crippen molar-refractivity contribution in [3.63, 3.8) is 0 Å². The van der Waals surface area contributed by atoms with E-state index in [0.29, 0.717) is 5.56 Å². The Hall–Kier alpha value is -2.92. The number of ether oxygens (including phenoxy) is 1. The summed E-state index contributed by atoms with van der Waals surface area (Å²) in [6, 6.07) is 20.6. The minimum absolute atomic E-state index is 0.113. The van der Waals surface area contributed by atoms with E-state index in [1.54, 1.807) is 23.5 Å². The third-order valence-corrected chi connectivity index (χ3v) is 4.97. The minimum atomic E-state index is -0.511. The van der Waals surface area contributed by atoms with Crippen LogP contribution in [-0.4, -0.2) is 18.5 Å². The molecule has 0 saturated heterocycles. The second-order valence-electron chi connectivity index (χ2n) is 5.79. The molecule has 0 spiro atoms. The zero-order valence-electron chi connectivity index (χ0n) is 14.3. The molecule has 0 saturated carbocycles. The average molecular weight is 365 g/mol. The Morgan fingerprint density at radius 3 is 2.46 bits per heavy atom. The third-order valence-electron chi connectivity index (χ3n) is 3.91. The van der Waals surface area contributed by atoms with E-state index in [-0.39, 0.29) is 18.6 Å². The van der Waals surface area contributed by atoms with Crippen molar-refractivity contribution in [2.24, 2.45) is 0 Å². The molecule has 5 heteroatoms. The minimum Gasteiger partial charge on any atom is -0.452 e. The van der Waals surface area contributed by atoms with Gasteiger partial charge in [0.05, 0.1) is 11.6 Å². The van der Waals surface area contributed by atoms with Crippen LogP contribution in [0, 0.1) is 0 Å². The summed E-state index contributed by atoms with van der Waals surface area (Å²) in [4.78, 5) is 25.6. The van der Waals surface area contributed by atoms with E-state index < -0.39 is 5.97 Å². The number of nitrogens with one attached hydrogen (secondary N) is 1. The molecular formula is C21H19NO3S. The van der Waals surface area contributed by atoms with Crippen molar-refractivity contribution < 1.29 is 14.3 Å². The lowest BCUT2D eigenvalue weighted by atomic mass is 10.00. The molecule has 26 heavy (non-hydrogen) atoms. The number of rotatable bonds is 6. The Labute approximate surface area is 156 Å². The molecule has 0 aliphatic heterocycles. The Bertz CT molecular complexity index is 875. The average Bonchev–Trinajstić information content (AvgIpc) is 3.22. The molecule has 0 unspecified atom stereocenters. The second kappa shape index (κ2) is 8.45. The van der Waals surface area contributed by atoms with Gasteiger partial charge in [-0.2, -0.15) is 0 Å². The van der Waals surface area contributed by atoms with Gasteiger partial charge in [0, 0.05) is 4.88 Å². The molecule has 0 bridgehead atoms. The van der Waals surface area contributed by atoms with E-state index in [2.05, 4.69) is 5.32 Å². The van der Waals surface area contributed by atoms with Crippen molar-refractivity contribution in [2.75, 3.05) is 6.61 Å². The standard InChI is InChI=1S/C21H19NO3S/c1-15(19-12-7-13-26-19)22-20(23)14-25-21(24)18-11-6-5-10-17(18)16-8-3-2-4-9-16/h2-13,15H,14H2,1H3,(H,22,23)/t15-/m0/s1. The number of carbonyl (C=O) groups is 2. The van der Waals surface area contributed by atoms with Crippen LogP contribution < -0.4 is 5.32 Å². The zero-order chi connectivity index (χ0) is 18.4. The predicted octanol–water partition coefficient (Wildman–Crippen LogP) is 4.45. The topological polar surface area (TPSA) is 55.4 Å². The molecule has 3 rings (SSSR count). The Balaban J connectivity index is 1.63. The highest BCUT2D eigenvalue weighted by Crippen LogP contribution is 2.24. The van der Waals surface area contributed by atoms with E-state index in [4.69, 9.17) is 4.74 Å². The van der Waals surface area contributed by atoms with Gasteiger partial charge in [0.1, 0.15) is 0 Å². The first-order chi connectivity index (χ1) is 12.6. The summed E-state index contributed by atoms with van der Waals surface area (Å²) in [5, 5.41) is 4.79. The highest BCUT2D eigenvalue weighted by Gasteiger charge is 2.16. The van der Waals surface area contributed by atoms with Crippen molar-refractivity contribution in [1.29, 1.82) is 0 Å². The maximum atomic E-state index is 12.5. The Kier molecular flexibility index (Phi) is 5.81. The molecule has 132 valence electrons. The van der Waals surface area contributed by atoms with E-state index >= 15 is 0 Å². The number of hydrogen-bond acceptors (Lipinski definition) is 4. The SMILES string of the molecule is C[C@H](NC(=O)COC(=O)c1ccccc1-c1ccccc1)c1cccs1. The molecule has 0 aliphatic carbocycles. The van der Waals surface area contributed by atoms with Crippen LogP contribution in [0.25, 0.3) is 11.1 Å². The van der Waals surface area contributed by atoms with Crippen LogP contribution in [0.3, 0.4) is 0 Å². The molecule has 0 aliphatic rings. The summed E-state index contributed by atoms with van der Waals surface area (Å²) in [5.41, 5.74) is 2.15. The van der Waals surface area contributed by atoms with E-state index in [1.807, 2.05) is 66.9 Å². The van der Waals surface area contributed by atoms with Crippen LogP contribution in [0.15, 0.2) is 72.1 Å². The lowest BCUT2D eigenvalue weighted by Gasteiger charge is -2.13. The molecule has 1 atom stereocenters.